The standard InChI is InChI=1S/C57H34N4O.C2H6/c1-2-12-35(13-3-1)37-24-27-40(28-25-37)55-58-56(42-29-26-36-14-4-5-17-41(36)34-42)60-57(59-55)61-52-44-19-9-7-16-39(44)30-32-47(52)45-20-10-21-46(53(45)61)48-22-11-23-49-51-43-18-8-6-15-38(43)31-33-50(51)62-54(48)49;1-2/h1-34H;1-2H3. The van der Waals surface area contributed by atoms with E-state index in [-0.39, 0.29) is 0 Å². The Balaban J connectivity index is 0.00000214. The van der Waals surface area contributed by atoms with Crippen LogP contribution in [0.4, 0.5) is 0 Å². The second-order valence-corrected chi connectivity index (χ2v) is 16.0. The first-order chi connectivity index (χ1) is 31.7. The zero-order chi connectivity index (χ0) is 42.7. The molecule has 0 unspecified atom stereocenters. The Kier molecular flexibility index (Phi) is 8.87. The van der Waals surface area contributed by atoms with E-state index in [1.54, 1.807) is 0 Å². The summed E-state index contributed by atoms with van der Waals surface area (Å²) < 4.78 is 9.14. The fourth-order valence-corrected chi connectivity index (χ4v) is 9.52. The molecule has 0 amide bonds. The Bertz CT molecular complexity index is 3920. The van der Waals surface area contributed by atoms with E-state index in [2.05, 4.69) is 205 Å². The van der Waals surface area contributed by atoms with Crippen LogP contribution in [0, 0.1) is 0 Å². The molecule has 0 aliphatic carbocycles. The lowest BCUT2D eigenvalue weighted by molar-refractivity contribution is 0.670. The van der Waals surface area contributed by atoms with Crippen molar-refractivity contribution in [2.45, 2.75) is 13.8 Å². The highest BCUT2D eigenvalue weighted by atomic mass is 16.3. The van der Waals surface area contributed by atoms with Gasteiger partial charge in [-0.3, -0.25) is 4.57 Å². The molecule has 0 saturated heterocycles. The molecule has 13 aromatic rings. The van der Waals surface area contributed by atoms with Gasteiger partial charge in [0.25, 0.3) is 0 Å². The van der Waals surface area contributed by atoms with Crippen molar-refractivity contribution >= 4 is 76.1 Å². The van der Waals surface area contributed by atoms with E-state index in [1.165, 1.54) is 10.8 Å². The number of furan rings is 1. The molecule has 10 aromatic carbocycles. The fourth-order valence-electron chi connectivity index (χ4n) is 9.52. The predicted molar refractivity (Wildman–Crippen MR) is 267 cm³/mol. The van der Waals surface area contributed by atoms with E-state index in [4.69, 9.17) is 19.4 Å². The monoisotopic (exact) mass is 820 g/mol. The van der Waals surface area contributed by atoms with E-state index in [1.807, 2.05) is 19.9 Å². The minimum Gasteiger partial charge on any atom is -0.455 e. The van der Waals surface area contributed by atoms with Crippen LogP contribution in [-0.4, -0.2) is 19.5 Å². The van der Waals surface area contributed by atoms with Gasteiger partial charge in [-0.25, -0.2) is 4.98 Å². The smallest absolute Gasteiger partial charge is 0.238 e. The predicted octanol–water partition coefficient (Wildman–Crippen LogP) is 16.0. The largest absolute Gasteiger partial charge is 0.455 e. The highest BCUT2D eigenvalue weighted by Gasteiger charge is 2.24. The van der Waals surface area contributed by atoms with Crippen molar-refractivity contribution in [3.63, 3.8) is 0 Å². The number of aromatic nitrogens is 4. The van der Waals surface area contributed by atoms with E-state index in [0.29, 0.717) is 17.6 Å². The summed E-state index contributed by atoms with van der Waals surface area (Å²) in [5, 5.41) is 11.3. The molecule has 5 heteroatoms. The molecule has 302 valence electrons. The second kappa shape index (κ2) is 15.2. The van der Waals surface area contributed by atoms with Crippen LogP contribution in [0.25, 0.3) is 127 Å². The van der Waals surface area contributed by atoms with Crippen LogP contribution in [0.15, 0.2) is 211 Å². The molecule has 0 atom stereocenters. The average molecular weight is 821 g/mol. The van der Waals surface area contributed by atoms with Crippen molar-refractivity contribution in [2.75, 3.05) is 0 Å². The zero-order valence-electron chi connectivity index (χ0n) is 35.3. The lowest BCUT2D eigenvalue weighted by Crippen LogP contribution is -2.07. The molecule has 0 fully saturated rings. The number of benzene rings is 10. The molecule has 0 aliphatic rings. The molecular weight excluding hydrogens is 781 g/mol. The summed E-state index contributed by atoms with van der Waals surface area (Å²) >= 11 is 0. The Morgan fingerprint density at radius 2 is 0.906 bits per heavy atom. The maximum absolute atomic E-state index is 6.87. The van der Waals surface area contributed by atoms with Gasteiger partial charge in [0.05, 0.1) is 11.0 Å². The first-order valence-corrected chi connectivity index (χ1v) is 21.9. The summed E-state index contributed by atoms with van der Waals surface area (Å²) in [6, 6.07) is 72.7. The third-order valence-electron chi connectivity index (χ3n) is 12.4. The topological polar surface area (TPSA) is 56.7 Å². The van der Waals surface area contributed by atoms with Crippen molar-refractivity contribution in [1.29, 1.82) is 0 Å². The molecule has 0 bridgehead atoms. The molecule has 5 nitrogen and oxygen atoms in total. The summed E-state index contributed by atoms with van der Waals surface area (Å²) in [6.45, 7) is 4.00. The molecule has 3 heterocycles. The summed E-state index contributed by atoms with van der Waals surface area (Å²) in [5.74, 6) is 1.73. The number of fused-ring (bicyclic) bond motifs is 11. The van der Waals surface area contributed by atoms with Crippen LogP contribution in [-0.2, 0) is 0 Å². The maximum atomic E-state index is 6.87. The maximum Gasteiger partial charge on any atom is 0.238 e. The number of hydrogen-bond donors (Lipinski definition) is 0. The molecule has 0 N–H and O–H groups in total. The van der Waals surface area contributed by atoms with Crippen molar-refractivity contribution in [2.24, 2.45) is 0 Å². The molecule has 3 aromatic heterocycles. The SMILES string of the molecule is CC.c1ccc(-c2ccc(-c3nc(-c4ccc5ccccc5c4)nc(-n4c5c(-c6cccc7c6oc6ccc8ccccc8c67)cccc5c5ccc6ccccc6c54)n3)cc2)cc1. The molecule has 0 saturated carbocycles. The van der Waals surface area contributed by atoms with E-state index in [0.717, 1.165) is 98.7 Å². The molecule has 0 spiro atoms. The zero-order valence-corrected chi connectivity index (χ0v) is 35.3. The van der Waals surface area contributed by atoms with Gasteiger partial charge in [-0.2, -0.15) is 9.97 Å². The summed E-state index contributed by atoms with van der Waals surface area (Å²) in [4.78, 5) is 16.1. The van der Waals surface area contributed by atoms with Gasteiger partial charge < -0.3 is 4.42 Å². The highest BCUT2D eigenvalue weighted by Crippen LogP contribution is 2.45. The number of rotatable bonds is 5. The van der Waals surface area contributed by atoms with Gasteiger partial charge in [-0.1, -0.05) is 208 Å². The Hall–Kier alpha value is -8.41. The van der Waals surface area contributed by atoms with Crippen LogP contribution in [0.1, 0.15) is 13.8 Å². The second-order valence-electron chi connectivity index (χ2n) is 16.0. The average Bonchev–Trinajstić information content (AvgIpc) is 3.94. The molecular formula is C59H40N4O. The first kappa shape index (κ1) is 37.4. The van der Waals surface area contributed by atoms with Crippen molar-refractivity contribution in [3.05, 3.63) is 206 Å². The van der Waals surface area contributed by atoms with E-state index >= 15 is 0 Å². The fraction of sp³-hybridized carbons (Fsp3) is 0.0339. The molecule has 13 rings (SSSR count). The van der Waals surface area contributed by atoms with Crippen molar-refractivity contribution < 1.29 is 4.42 Å². The third kappa shape index (κ3) is 5.97. The molecule has 0 radical (unpaired) electrons. The van der Waals surface area contributed by atoms with Gasteiger partial charge in [0.2, 0.25) is 5.95 Å². The minimum absolute atomic E-state index is 0.539. The normalized spacial score (nSPS) is 11.6. The first-order valence-electron chi connectivity index (χ1n) is 21.9. The van der Waals surface area contributed by atoms with Gasteiger partial charge in [0.1, 0.15) is 11.2 Å². The van der Waals surface area contributed by atoms with Gasteiger partial charge >= 0.3 is 0 Å². The van der Waals surface area contributed by atoms with Gasteiger partial charge in [-0.15, -0.1) is 0 Å². The van der Waals surface area contributed by atoms with E-state index in [9.17, 15) is 0 Å². The lowest BCUT2D eigenvalue weighted by atomic mass is 9.98. The minimum atomic E-state index is 0.539. The number of nitrogens with zero attached hydrogens (tertiary/aromatic N) is 4. The van der Waals surface area contributed by atoms with Gasteiger partial charge in [0.15, 0.2) is 11.6 Å². The number of hydrogen-bond acceptors (Lipinski definition) is 4. The Morgan fingerprint density at radius 3 is 1.70 bits per heavy atom. The molecule has 0 aliphatic heterocycles. The summed E-state index contributed by atoms with van der Waals surface area (Å²) in [5.41, 5.74) is 9.88. The van der Waals surface area contributed by atoms with Crippen LogP contribution in [0.5, 0.6) is 0 Å². The van der Waals surface area contributed by atoms with E-state index < -0.39 is 0 Å². The van der Waals surface area contributed by atoms with Crippen LogP contribution in [0.2, 0.25) is 0 Å². The van der Waals surface area contributed by atoms with Crippen molar-refractivity contribution in [3.8, 4) is 51.0 Å². The third-order valence-corrected chi connectivity index (χ3v) is 12.4. The number of para-hydroxylation sites is 2. The Morgan fingerprint density at radius 1 is 0.359 bits per heavy atom. The lowest BCUT2D eigenvalue weighted by Gasteiger charge is -2.14. The molecule has 64 heavy (non-hydrogen) atoms. The quantitative estimate of drug-likeness (QED) is 0.174. The van der Waals surface area contributed by atoms with Crippen LogP contribution < -0.4 is 0 Å². The summed E-state index contributed by atoms with van der Waals surface area (Å²) in [6.07, 6.45) is 0. The van der Waals surface area contributed by atoms with Crippen LogP contribution in [0.3, 0.4) is 0 Å². The van der Waals surface area contributed by atoms with Crippen LogP contribution >= 0.6 is 0 Å². The van der Waals surface area contributed by atoms with Crippen molar-refractivity contribution in [1.82, 2.24) is 19.5 Å². The van der Waals surface area contributed by atoms with Gasteiger partial charge in [-0.05, 0) is 50.2 Å². The summed E-state index contributed by atoms with van der Waals surface area (Å²) in [7, 11) is 0. The highest BCUT2D eigenvalue weighted by molar-refractivity contribution is 6.24. The Labute approximate surface area is 369 Å². The van der Waals surface area contributed by atoms with Gasteiger partial charge in [0, 0.05) is 49.2 Å².